The third-order valence-electron chi connectivity index (χ3n) is 7.93. The number of pyridine rings is 1. The largest absolute Gasteiger partial charge is 0.303 e. The van der Waals surface area contributed by atoms with Crippen LogP contribution in [0.5, 0.6) is 0 Å². The van der Waals surface area contributed by atoms with Gasteiger partial charge in [0.15, 0.2) is 18.9 Å². The van der Waals surface area contributed by atoms with Gasteiger partial charge in [0.2, 0.25) is 0 Å². The predicted octanol–water partition coefficient (Wildman–Crippen LogP) is 7.47. The standard InChI is InChI=1S/C32H47N2/c1-2-5-10-14-18-23-34-26-29-19-15-11-7-4-6-9-13-17-22-33-24-21-32(31(25-29)28-34)30(27-33)20-16-12-8-3-1/h1-2,4,6,9-10,13-14,25-26,28,30,32H,3,5,7-8,11-12,15-24,27H2/q+1/b2-1-,6-4-,13-9-,14-10-/t30-,32-/m1/s1. The summed E-state index contributed by atoms with van der Waals surface area (Å²) in [5.74, 6) is 1.52. The number of hydrogen-bond donors (Lipinski definition) is 0. The lowest BCUT2D eigenvalue weighted by Crippen LogP contribution is -2.41. The fourth-order valence-corrected chi connectivity index (χ4v) is 6.01. The van der Waals surface area contributed by atoms with Crippen molar-refractivity contribution in [2.45, 2.75) is 95.9 Å². The van der Waals surface area contributed by atoms with Crippen LogP contribution in [0.3, 0.4) is 0 Å². The highest BCUT2D eigenvalue weighted by Gasteiger charge is 2.31. The van der Waals surface area contributed by atoms with E-state index >= 15 is 0 Å². The van der Waals surface area contributed by atoms with E-state index in [0.717, 1.165) is 31.2 Å². The first kappa shape index (κ1) is 25.2. The van der Waals surface area contributed by atoms with Crippen molar-refractivity contribution in [3.8, 4) is 0 Å². The topological polar surface area (TPSA) is 7.12 Å². The molecule has 1 aromatic heterocycles. The molecule has 0 radical (unpaired) electrons. The van der Waals surface area contributed by atoms with Crippen molar-refractivity contribution in [3.63, 3.8) is 0 Å². The molecule has 0 spiro atoms. The molecule has 1 fully saturated rings. The number of allylic oxidation sites excluding steroid dienone is 7. The van der Waals surface area contributed by atoms with Crippen LogP contribution in [0.2, 0.25) is 0 Å². The van der Waals surface area contributed by atoms with Gasteiger partial charge >= 0.3 is 0 Å². The van der Waals surface area contributed by atoms with Gasteiger partial charge in [-0.1, -0.05) is 61.4 Å². The molecule has 184 valence electrons. The summed E-state index contributed by atoms with van der Waals surface area (Å²) in [5, 5.41) is 0. The Morgan fingerprint density at radius 1 is 0.706 bits per heavy atom. The van der Waals surface area contributed by atoms with Gasteiger partial charge in [0.25, 0.3) is 0 Å². The molecular formula is C32H47N2+. The first-order valence-corrected chi connectivity index (χ1v) is 14.3. The van der Waals surface area contributed by atoms with E-state index in [-0.39, 0.29) is 0 Å². The third kappa shape index (κ3) is 8.38. The Labute approximate surface area is 209 Å². The Bertz CT molecular complexity index is 847. The molecule has 34 heavy (non-hydrogen) atoms. The molecule has 0 amide bonds. The zero-order valence-corrected chi connectivity index (χ0v) is 21.4. The summed E-state index contributed by atoms with van der Waals surface area (Å²) < 4.78 is 2.52. The molecule has 5 rings (SSSR count). The highest BCUT2D eigenvalue weighted by molar-refractivity contribution is 5.21. The van der Waals surface area contributed by atoms with Gasteiger partial charge in [-0.15, -0.1) is 0 Å². The molecule has 6 bridgehead atoms. The normalized spacial score (nSPS) is 31.4. The van der Waals surface area contributed by atoms with Crippen LogP contribution in [0, 0.1) is 5.92 Å². The fraction of sp³-hybridized carbons (Fsp3) is 0.594. The smallest absolute Gasteiger partial charge is 0.172 e. The van der Waals surface area contributed by atoms with Gasteiger partial charge < -0.3 is 4.90 Å². The minimum atomic E-state index is 0.724. The third-order valence-corrected chi connectivity index (χ3v) is 7.93. The monoisotopic (exact) mass is 459 g/mol. The van der Waals surface area contributed by atoms with Crippen LogP contribution in [-0.4, -0.2) is 24.5 Å². The molecule has 0 aromatic carbocycles. The van der Waals surface area contributed by atoms with Gasteiger partial charge in [-0.2, -0.15) is 0 Å². The number of hydrogen-bond acceptors (Lipinski definition) is 1. The van der Waals surface area contributed by atoms with Crippen LogP contribution >= 0.6 is 0 Å². The maximum atomic E-state index is 2.75. The summed E-state index contributed by atoms with van der Waals surface area (Å²) in [6.45, 7) is 4.84. The number of nitrogens with zero attached hydrogens (tertiary/aromatic N) is 2. The quantitative estimate of drug-likeness (QED) is 0.288. The summed E-state index contributed by atoms with van der Waals surface area (Å²) in [7, 11) is 0. The number of piperidine rings is 1. The Hall–Kier alpha value is -1.93. The molecule has 3 atom stereocenters. The lowest BCUT2D eigenvalue weighted by molar-refractivity contribution is -0.697. The lowest BCUT2D eigenvalue weighted by atomic mass is 9.78. The van der Waals surface area contributed by atoms with Crippen molar-refractivity contribution >= 4 is 0 Å². The SMILES string of the molecule is C1=C\CCCCc2cc3c[n+](c2)CC/C=C\C/C=C\CCCCC[C@@H]2CN(CC\C=C/1)CC[C@@H]32. The van der Waals surface area contributed by atoms with Crippen LogP contribution < -0.4 is 4.57 Å². The van der Waals surface area contributed by atoms with E-state index in [4.69, 9.17) is 0 Å². The number of aryl methyl sites for hydroxylation is 2. The molecule has 5 heterocycles. The average Bonchev–Trinajstić information content (AvgIpc) is 2.85. The van der Waals surface area contributed by atoms with E-state index in [2.05, 4.69) is 76.5 Å². The van der Waals surface area contributed by atoms with E-state index in [1.165, 1.54) is 90.3 Å². The second kappa shape index (κ2) is 14.5. The second-order valence-corrected chi connectivity index (χ2v) is 10.7. The molecule has 1 saturated heterocycles. The van der Waals surface area contributed by atoms with E-state index in [0.29, 0.717) is 0 Å². The van der Waals surface area contributed by atoms with E-state index < -0.39 is 0 Å². The van der Waals surface area contributed by atoms with Gasteiger partial charge in [0.05, 0.1) is 0 Å². The molecule has 1 unspecified atom stereocenters. The molecule has 4 aliphatic heterocycles. The Morgan fingerprint density at radius 2 is 1.53 bits per heavy atom. The summed E-state index contributed by atoms with van der Waals surface area (Å²) in [6, 6.07) is 2.59. The summed E-state index contributed by atoms with van der Waals surface area (Å²) in [5.41, 5.74) is 3.18. The van der Waals surface area contributed by atoms with E-state index in [1.54, 1.807) is 11.1 Å². The lowest BCUT2D eigenvalue weighted by Gasteiger charge is -2.38. The number of rotatable bonds is 0. The highest BCUT2D eigenvalue weighted by Crippen LogP contribution is 2.36. The second-order valence-electron chi connectivity index (χ2n) is 10.7. The Kier molecular flexibility index (Phi) is 10.7. The van der Waals surface area contributed by atoms with Gasteiger partial charge in [0, 0.05) is 30.6 Å². The van der Waals surface area contributed by atoms with Gasteiger partial charge in [-0.05, 0) is 88.7 Å². The molecule has 4 aliphatic rings. The van der Waals surface area contributed by atoms with Crippen molar-refractivity contribution in [1.29, 1.82) is 0 Å². The molecular weight excluding hydrogens is 412 g/mol. The molecule has 1 aromatic rings. The molecule has 0 saturated carbocycles. The summed E-state index contributed by atoms with van der Waals surface area (Å²) in [6.07, 6.45) is 40.1. The molecule has 2 heteroatoms. The highest BCUT2D eigenvalue weighted by atomic mass is 15.1. The first-order chi connectivity index (χ1) is 16.9. The van der Waals surface area contributed by atoms with Crippen molar-refractivity contribution in [3.05, 3.63) is 78.2 Å². The number of aromatic nitrogens is 1. The van der Waals surface area contributed by atoms with Crippen LogP contribution in [0.15, 0.2) is 67.1 Å². The average molecular weight is 460 g/mol. The fourth-order valence-electron chi connectivity index (χ4n) is 6.01. The van der Waals surface area contributed by atoms with Gasteiger partial charge in [-0.25, -0.2) is 4.57 Å². The maximum Gasteiger partial charge on any atom is 0.172 e. The summed E-state index contributed by atoms with van der Waals surface area (Å²) >= 11 is 0. The van der Waals surface area contributed by atoms with Crippen LogP contribution in [0.1, 0.15) is 94.1 Å². The zero-order valence-electron chi connectivity index (χ0n) is 21.4. The first-order valence-electron chi connectivity index (χ1n) is 14.3. The minimum Gasteiger partial charge on any atom is -0.303 e. The van der Waals surface area contributed by atoms with Gasteiger partial charge in [-0.3, -0.25) is 0 Å². The predicted molar refractivity (Wildman–Crippen MR) is 145 cm³/mol. The Morgan fingerprint density at radius 3 is 2.47 bits per heavy atom. The van der Waals surface area contributed by atoms with Crippen molar-refractivity contribution in [2.24, 2.45) is 5.92 Å². The van der Waals surface area contributed by atoms with E-state index in [1.807, 2.05) is 0 Å². The van der Waals surface area contributed by atoms with Crippen LogP contribution in [-0.2, 0) is 13.0 Å². The number of fused-ring (bicyclic) bond motifs is 9. The van der Waals surface area contributed by atoms with Crippen LogP contribution in [0.25, 0.3) is 0 Å². The minimum absolute atomic E-state index is 0.724. The summed E-state index contributed by atoms with van der Waals surface area (Å²) in [4.78, 5) is 2.75. The molecule has 0 aliphatic carbocycles. The van der Waals surface area contributed by atoms with Crippen molar-refractivity contribution < 1.29 is 4.57 Å². The van der Waals surface area contributed by atoms with Gasteiger partial charge in [0.1, 0.15) is 0 Å². The van der Waals surface area contributed by atoms with Crippen molar-refractivity contribution in [1.82, 2.24) is 4.90 Å². The Balaban J connectivity index is 1.59. The van der Waals surface area contributed by atoms with Crippen LogP contribution in [0.4, 0.5) is 0 Å². The maximum absolute atomic E-state index is 2.75. The molecule has 2 nitrogen and oxygen atoms in total. The zero-order chi connectivity index (χ0) is 23.3. The van der Waals surface area contributed by atoms with Crippen molar-refractivity contribution in [2.75, 3.05) is 19.6 Å². The molecule has 0 N–H and O–H groups in total. The van der Waals surface area contributed by atoms with E-state index in [9.17, 15) is 0 Å².